The van der Waals surface area contributed by atoms with Gasteiger partial charge >= 0.3 is 0 Å². The monoisotopic (exact) mass is 488 g/mol. The molecule has 0 unspecified atom stereocenters. The molecular weight excluding hydrogens is 460 g/mol. The first kappa shape index (κ1) is 23.3. The van der Waals surface area contributed by atoms with Crippen LogP contribution in [0.15, 0.2) is 66.7 Å². The molecule has 2 aromatic heterocycles. The summed E-state index contributed by atoms with van der Waals surface area (Å²) in [5.41, 5.74) is 2.90. The van der Waals surface area contributed by atoms with E-state index in [2.05, 4.69) is 51.6 Å². The maximum Gasteiger partial charge on any atom is 0.223 e. The first-order valence-electron chi connectivity index (χ1n) is 12.1. The quantitative estimate of drug-likeness (QED) is 0.404. The molecule has 1 aliphatic rings. The number of fused-ring (bicyclic) bond motifs is 1. The van der Waals surface area contributed by atoms with Crippen LogP contribution in [0.5, 0.6) is 0 Å². The zero-order chi connectivity index (χ0) is 24.2. The Kier molecular flexibility index (Phi) is 6.95. The van der Waals surface area contributed by atoms with Gasteiger partial charge < -0.3 is 10.2 Å². The summed E-state index contributed by atoms with van der Waals surface area (Å²) in [4.78, 5) is 15.1. The minimum absolute atomic E-state index is 0.0358. The predicted molar refractivity (Wildman–Crippen MR) is 139 cm³/mol. The molecule has 0 radical (unpaired) electrons. The third-order valence-electron chi connectivity index (χ3n) is 6.64. The Morgan fingerprint density at radius 1 is 1.03 bits per heavy atom. The molecule has 1 saturated heterocycles. The summed E-state index contributed by atoms with van der Waals surface area (Å²) in [6.07, 6.45) is 3.52. The molecule has 35 heavy (non-hydrogen) atoms. The summed E-state index contributed by atoms with van der Waals surface area (Å²) < 4.78 is 1.77. The number of amides is 1. The van der Waals surface area contributed by atoms with E-state index in [1.165, 1.54) is 5.56 Å². The Labute approximate surface area is 210 Å². The van der Waals surface area contributed by atoms with Crippen LogP contribution in [0.25, 0.3) is 17.0 Å². The van der Waals surface area contributed by atoms with Gasteiger partial charge in [0, 0.05) is 35.6 Å². The zero-order valence-corrected chi connectivity index (χ0v) is 20.5. The van der Waals surface area contributed by atoms with Crippen LogP contribution >= 0.6 is 11.6 Å². The highest BCUT2D eigenvalue weighted by atomic mass is 35.5. The van der Waals surface area contributed by atoms with E-state index in [1.54, 1.807) is 4.52 Å². The number of hydrogen-bond acceptors (Lipinski definition) is 5. The largest absolute Gasteiger partial charge is 0.355 e. The number of hydrogen-bond donors (Lipinski definition) is 1. The number of carbonyl (C=O) groups excluding carboxylic acids is 1. The molecule has 4 aromatic rings. The fourth-order valence-electron chi connectivity index (χ4n) is 4.56. The number of aromatic nitrogens is 4. The summed E-state index contributed by atoms with van der Waals surface area (Å²) in [5, 5.41) is 17.3. The van der Waals surface area contributed by atoms with Crippen molar-refractivity contribution in [1.82, 2.24) is 25.1 Å². The fourth-order valence-corrected chi connectivity index (χ4v) is 4.68. The van der Waals surface area contributed by atoms with Crippen LogP contribution in [-0.4, -0.2) is 44.8 Å². The number of nitrogens with zero attached hydrogens (tertiary/aromatic N) is 5. The lowest BCUT2D eigenvalue weighted by Crippen LogP contribution is -2.43. The standard InChI is InChI=1S/C27H29ClN6O/c1-19(7-8-20-5-3-2-4-6-20)29-27(35)22-15-17-33(18-16-22)25-14-13-24-30-31-26(34(24)32-25)21-9-11-23(28)12-10-21/h2-6,9-14,19,22H,7-8,15-18H2,1H3,(H,29,35)/t19-/m0/s1. The average Bonchev–Trinajstić information content (AvgIpc) is 3.32. The van der Waals surface area contributed by atoms with Gasteiger partial charge in [-0.3, -0.25) is 4.79 Å². The van der Waals surface area contributed by atoms with Crippen molar-refractivity contribution in [2.24, 2.45) is 5.92 Å². The normalized spacial score (nSPS) is 15.3. The van der Waals surface area contributed by atoms with E-state index in [1.807, 2.05) is 42.5 Å². The van der Waals surface area contributed by atoms with Crippen LogP contribution in [0.4, 0.5) is 5.82 Å². The minimum atomic E-state index is 0.0358. The van der Waals surface area contributed by atoms with Crippen molar-refractivity contribution in [2.45, 2.75) is 38.6 Å². The van der Waals surface area contributed by atoms with Crippen LogP contribution in [0.3, 0.4) is 0 Å². The fraction of sp³-hybridized carbons (Fsp3) is 0.333. The van der Waals surface area contributed by atoms with Crippen molar-refractivity contribution in [3.8, 4) is 11.4 Å². The topological polar surface area (TPSA) is 75.4 Å². The molecule has 8 heteroatoms. The number of piperidine rings is 1. The van der Waals surface area contributed by atoms with Gasteiger partial charge in [0.25, 0.3) is 0 Å². The smallest absolute Gasteiger partial charge is 0.223 e. The van der Waals surface area contributed by atoms with Crippen LogP contribution in [-0.2, 0) is 11.2 Å². The molecule has 0 bridgehead atoms. The lowest BCUT2D eigenvalue weighted by atomic mass is 9.95. The highest BCUT2D eigenvalue weighted by Crippen LogP contribution is 2.25. The number of halogens is 1. The molecule has 1 aliphatic heterocycles. The van der Waals surface area contributed by atoms with Crippen LogP contribution in [0, 0.1) is 5.92 Å². The molecule has 0 spiro atoms. The van der Waals surface area contributed by atoms with E-state index in [0.717, 1.165) is 50.2 Å². The second kappa shape index (κ2) is 10.4. The van der Waals surface area contributed by atoms with Gasteiger partial charge in [-0.25, -0.2) is 0 Å². The van der Waals surface area contributed by atoms with Crippen molar-refractivity contribution < 1.29 is 4.79 Å². The van der Waals surface area contributed by atoms with Gasteiger partial charge in [0.2, 0.25) is 5.91 Å². The van der Waals surface area contributed by atoms with Gasteiger partial charge in [-0.05, 0) is 74.6 Å². The van der Waals surface area contributed by atoms with Crippen molar-refractivity contribution in [1.29, 1.82) is 0 Å². The van der Waals surface area contributed by atoms with Crippen LogP contribution < -0.4 is 10.2 Å². The number of rotatable bonds is 7. The zero-order valence-electron chi connectivity index (χ0n) is 19.8. The average molecular weight is 489 g/mol. The molecule has 1 fully saturated rings. The van der Waals surface area contributed by atoms with E-state index < -0.39 is 0 Å². The Hall–Kier alpha value is -3.45. The van der Waals surface area contributed by atoms with Crippen molar-refractivity contribution in [3.05, 3.63) is 77.3 Å². The van der Waals surface area contributed by atoms with Gasteiger partial charge in [-0.15, -0.1) is 15.3 Å². The first-order chi connectivity index (χ1) is 17.1. The van der Waals surface area contributed by atoms with Gasteiger partial charge in [0.1, 0.15) is 5.82 Å². The third kappa shape index (κ3) is 5.46. The minimum Gasteiger partial charge on any atom is -0.355 e. The molecule has 1 N–H and O–H groups in total. The molecule has 2 aromatic carbocycles. The van der Waals surface area contributed by atoms with Gasteiger partial charge in [0.05, 0.1) is 0 Å². The number of anilines is 1. The maximum absolute atomic E-state index is 12.9. The van der Waals surface area contributed by atoms with E-state index in [9.17, 15) is 4.79 Å². The molecule has 1 atom stereocenters. The second-order valence-corrected chi connectivity index (χ2v) is 9.62. The molecule has 180 valence electrons. The lowest BCUT2D eigenvalue weighted by molar-refractivity contribution is -0.126. The van der Waals surface area contributed by atoms with Gasteiger partial charge in [-0.1, -0.05) is 41.9 Å². The molecule has 1 amide bonds. The third-order valence-corrected chi connectivity index (χ3v) is 6.89. The van der Waals surface area contributed by atoms with Crippen LogP contribution in [0.2, 0.25) is 5.02 Å². The molecule has 0 aliphatic carbocycles. The second-order valence-electron chi connectivity index (χ2n) is 9.19. The van der Waals surface area contributed by atoms with Gasteiger partial charge in [-0.2, -0.15) is 4.52 Å². The summed E-state index contributed by atoms with van der Waals surface area (Å²) in [5.74, 6) is 1.74. The highest BCUT2D eigenvalue weighted by molar-refractivity contribution is 6.30. The summed E-state index contributed by atoms with van der Waals surface area (Å²) >= 11 is 6.03. The SMILES string of the molecule is C[C@@H](CCc1ccccc1)NC(=O)C1CCN(c2ccc3nnc(-c4ccc(Cl)cc4)n3n2)CC1. The lowest BCUT2D eigenvalue weighted by Gasteiger charge is -2.32. The van der Waals surface area contributed by atoms with E-state index in [0.29, 0.717) is 16.5 Å². The summed E-state index contributed by atoms with van der Waals surface area (Å²) in [6, 6.07) is 22.0. The Morgan fingerprint density at radius 2 is 1.77 bits per heavy atom. The Bertz CT molecular complexity index is 1280. The van der Waals surface area contributed by atoms with Crippen molar-refractivity contribution in [2.75, 3.05) is 18.0 Å². The Morgan fingerprint density at radius 3 is 2.51 bits per heavy atom. The number of nitrogens with one attached hydrogen (secondary N) is 1. The molecule has 7 nitrogen and oxygen atoms in total. The van der Waals surface area contributed by atoms with E-state index >= 15 is 0 Å². The van der Waals surface area contributed by atoms with Crippen molar-refractivity contribution >= 4 is 29.0 Å². The molecule has 5 rings (SSSR count). The Balaban J connectivity index is 1.18. The number of benzene rings is 2. The summed E-state index contributed by atoms with van der Waals surface area (Å²) in [7, 11) is 0. The first-order valence-corrected chi connectivity index (χ1v) is 12.5. The summed E-state index contributed by atoms with van der Waals surface area (Å²) in [6.45, 7) is 3.66. The van der Waals surface area contributed by atoms with Crippen LogP contribution in [0.1, 0.15) is 31.7 Å². The van der Waals surface area contributed by atoms with E-state index in [-0.39, 0.29) is 17.9 Å². The van der Waals surface area contributed by atoms with Gasteiger partial charge in [0.15, 0.2) is 11.5 Å². The number of aryl methyl sites for hydroxylation is 1. The van der Waals surface area contributed by atoms with Crippen molar-refractivity contribution in [3.63, 3.8) is 0 Å². The molecular formula is C27H29ClN6O. The predicted octanol–water partition coefficient (Wildman–Crippen LogP) is 4.80. The maximum atomic E-state index is 12.9. The number of carbonyl (C=O) groups is 1. The molecule has 0 saturated carbocycles. The van der Waals surface area contributed by atoms with E-state index in [4.69, 9.17) is 16.7 Å². The highest BCUT2D eigenvalue weighted by Gasteiger charge is 2.26. The molecule has 3 heterocycles.